The Morgan fingerprint density at radius 1 is 0.925 bits per heavy atom. The van der Waals surface area contributed by atoms with Crippen molar-refractivity contribution >= 4 is 33.5 Å². The molecule has 8 heteroatoms. The first kappa shape index (κ1) is 25.6. The van der Waals surface area contributed by atoms with Crippen molar-refractivity contribution in [2.45, 2.75) is 44.3 Å². The van der Waals surface area contributed by atoms with Crippen molar-refractivity contribution in [1.29, 1.82) is 5.41 Å². The molecule has 0 saturated heterocycles. The van der Waals surface area contributed by atoms with Crippen LogP contribution in [0.2, 0.25) is 0 Å². The lowest BCUT2D eigenvalue weighted by Crippen LogP contribution is -2.41. The highest BCUT2D eigenvalue weighted by Crippen LogP contribution is 2.31. The first-order valence-corrected chi connectivity index (χ1v) is 13.6. The van der Waals surface area contributed by atoms with E-state index in [1.165, 1.54) is 0 Å². The van der Waals surface area contributed by atoms with Crippen LogP contribution in [-0.4, -0.2) is 33.4 Å². The van der Waals surface area contributed by atoms with Crippen molar-refractivity contribution in [2.75, 3.05) is 0 Å². The van der Waals surface area contributed by atoms with E-state index in [9.17, 15) is 4.79 Å². The molecule has 8 nitrogen and oxygen atoms in total. The van der Waals surface area contributed by atoms with Gasteiger partial charge in [-0.3, -0.25) is 10.2 Å². The lowest BCUT2D eigenvalue weighted by molar-refractivity contribution is 0.0917. The van der Waals surface area contributed by atoms with E-state index in [2.05, 4.69) is 22.4 Å². The fraction of sp³-hybridized carbons (Fsp3) is 0.219. The zero-order valence-corrected chi connectivity index (χ0v) is 22.1. The Kier molecular flexibility index (Phi) is 6.92. The lowest BCUT2D eigenvalue weighted by Gasteiger charge is -2.27. The van der Waals surface area contributed by atoms with E-state index >= 15 is 0 Å². The van der Waals surface area contributed by atoms with Crippen LogP contribution in [0.25, 0.3) is 21.8 Å². The number of hydrogen-bond donors (Lipinski definition) is 4. The summed E-state index contributed by atoms with van der Waals surface area (Å²) in [5.41, 5.74) is 14.3. The number of ether oxygens (including phenoxy) is 1. The smallest absolute Gasteiger partial charge is 0.268 e. The molecule has 6 rings (SSSR count). The van der Waals surface area contributed by atoms with Gasteiger partial charge in [0.15, 0.2) is 0 Å². The van der Waals surface area contributed by atoms with Gasteiger partial charge in [0, 0.05) is 17.5 Å². The number of carbonyl (C=O) groups excluding carboxylic acids is 1. The second kappa shape index (κ2) is 10.8. The Morgan fingerprint density at radius 3 is 2.45 bits per heavy atom. The molecule has 2 heterocycles. The van der Waals surface area contributed by atoms with E-state index < -0.39 is 0 Å². The molecule has 6 N–H and O–H groups in total. The summed E-state index contributed by atoms with van der Waals surface area (Å²) in [6.45, 7) is 0.378. The lowest BCUT2D eigenvalue weighted by atomic mass is 9.92. The highest BCUT2D eigenvalue weighted by atomic mass is 16.5. The zero-order valence-electron chi connectivity index (χ0n) is 22.1. The molecule has 1 amide bonds. The Morgan fingerprint density at radius 2 is 1.68 bits per heavy atom. The van der Waals surface area contributed by atoms with Crippen LogP contribution in [0.15, 0.2) is 84.9 Å². The second-order valence-corrected chi connectivity index (χ2v) is 10.4. The molecule has 0 atom stereocenters. The largest absolute Gasteiger partial charge is 0.457 e. The van der Waals surface area contributed by atoms with E-state index in [0.717, 1.165) is 53.2 Å². The van der Waals surface area contributed by atoms with Crippen molar-refractivity contribution in [3.63, 3.8) is 0 Å². The molecular weight excluding hydrogens is 500 g/mol. The van der Waals surface area contributed by atoms with Crippen molar-refractivity contribution < 1.29 is 9.53 Å². The van der Waals surface area contributed by atoms with Gasteiger partial charge in [-0.05, 0) is 84.5 Å². The third kappa shape index (κ3) is 5.26. The number of para-hydroxylation sites is 1. The van der Waals surface area contributed by atoms with E-state index in [1.807, 2.05) is 71.3 Å². The van der Waals surface area contributed by atoms with Crippen LogP contribution in [-0.2, 0) is 6.54 Å². The molecule has 40 heavy (non-hydrogen) atoms. The number of benzene rings is 3. The van der Waals surface area contributed by atoms with Gasteiger partial charge in [0.1, 0.15) is 34.4 Å². The Labute approximate surface area is 232 Å². The maximum atomic E-state index is 13.7. The monoisotopic (exact) mass is 532 g/mol. The molecule has 0 radical (unpaired) electrons. The highest BCUT2D eigenvalue weighted by molar-refractivity contribution is 6.00. The number of pyridine rings is 1. The molecule has 0 spiro atoms. The third-order valence-electron chi connectivity index (χ3n) is 7.59. The van der Waals surface area contributed by atoms with E-state index in [0.29, 0.717) is 29.3 Å². The molecule has 1 saturated carbocycles. The number of nitrogens with zero attached hydrogens (tertiary/aromatic N) is 2. The van der Waals surface area contributed by atoms with Gasteiger partial charge in [0.2, 0.25) is 0 Å². The SMILES string of the molecule is N=C(N)c1ccc2cc(C(=O)NC3CCC(N)CC3)n(Cc3cc(Oc4ccccc4)cc4ccccc34)c2n1. The Balaban J connectivity index is 1.43. The summed E-state index contributed by atoms with van der Waals surface area (Å²) >= 11 is 0. The van der Waals surface area contributed by atoms with Crippen molar-refractivity contribution in [2.24, 2.45) is 11.5 Å². The molecule has 1 fully saturated rings. The minimum atomic E-state index is -0.149. The number of fused-ring (bicyclic) bond motifs is 2. The van der Waals surface area contributed by atoms with Crippen molar-refractivity contribution in [3.05, 3.63) is 102 Å². The predicted molar refractivity (Wildman–Crippen MR) is 158 cm³/mol. The zero-order chi connectivity index (χ0) is 27.6. The molecule has 5 aromatic rings. The summed E-state index contributed by atoms with van der Waals surface area (Å²) in [7, 11) is 0. The quantitative estimate of drug-likeness (QED) is 0.167. The average molecular weight is 533 g/mol. The van der Waals surface area contributed by atoms with Gasteiger partial charge in [-0.1, -0.05) is 42.5 Å². The molecule has 2 aromatic heterocycles. The predicted octanol–water partition coefficient (Wildman–Crippen LogP) is 5.31. The van der Waals surface area contributed by atoms with Gasteiger partial charge >= 0.3 is 0 Å². The topological polar surface area (TPSA) is 132 Å². The van der Waals surface area contributed by atoms with Crippen LogP contribution in [0.1, 0.15) is 47.4 Å². The molecule has 0 aliphatic heterocycles. The number of amides is 1. The number of nitrogen functional groups attached to an aromatic ring is 1. The van der Waals surface area contributed by atoms with Gasteiger partial charge in [0.25, 0.3) is 5.91 Å². The molecule has 0 unspecified atom stereocenters. The minimum Gasteiger partial charge on any atom is -0.457 e. The number of carbonyl (C=O) groups is 1. The van der Waals surface area contributed by atoms with Gasteiger partial charge in [0.05, 0.1) is 6.54 Å². The maximum Gasteiger partial charge on any atom is 0.268 e. The number of nitrogens with one attached hydrogen (secondary N) is 2. The number of aromatic nitrogens is 2. The van der Waals surface area contributed by atoms with Crippen LogP contribution >= 0.6 is 0 Å². The first-order chi connectivity index (χ1) is 19.4. The maximum absolute atomic E-state index is 13.7. The van der Waals surface area contributed by atoms with E-state index in [-0.39, 0.29) is 23.8 Å². The van der Waals surface area contributed by atoms with Gasteiger partial charge in [-0.15, -0.1) is 0 Å². The minimum absolute atomic E-state index is 0.0860. The van der Waals surface area contributed by atoms with Gasteiger partial charge < -0.3 is 26.1 Å². The number of hydrogen-bond acceptors (Lipinski definition) is 5. The summed E-state index contributed by atoms with van der Waals surface area (Å²) in [6.07, 6.45) is 3.53. The molecule has 3 aromatic carbocycles. The average Bonchev–Trinajstić information content (AvgIpc) is 3.32. The molecule has 202 valence electrons. The van der Waals surface area contributed by atoms with E-state index in [1.54, 1.807) is 6.07 Å². The van der Waals surface area contributed by atoms with Crippen LogP contribution in [0.5, 0.6) is 11.5 Å². The van der Waals surface area contributed by atoms with Crippen LogP contribution in [0, 0.1) is 5.41 Å². The van der Waals surface area contributed by atoms with Crippen molar-refractivity contribution in [3.8, 4) is 11.5 Å². The van der Waals surface area contributed by atoms with Crippen LogP contribution < -0.4 is 21.5 Å². The number of nitrogens with two attached hydrogens (primary N) is 2. The number of rotatable bonds is 7. The fourth-order valence-corrected chi connectivity index (χ4v) is 5.49. The highest BCUT2D eigenvalue weighted by Gasteiger charge is 2.24. The summed E-state index contributed by atoms with van der Waals surface area (Å²) in [5.74, 6) is 1.18. The molecule has 0 bridgehead atoms. The second-order valence-electron chi connectivity index (χ2n) is 10.4. The summed E-state index contributed by atoms with van der Waals surface area (Å²) in [4.78, 5) is 18.4. The van der Waals surface area contributed by atoms with Gasteiger partial charge in [-0.2, -0.15) is 0 Å². The number of amidine groups is 1. The normalized spacial score (nSPS) is 17.1. The summed E-state index contributed by atoms with van der Waals surface area (Å²) < 4.78 is 8.13. The summed E-state index contributed by atoms with van der Waals surface area (Å²) in [6, 6.07) is 27.5. The van der Waals surface area contributed by atoms with Crippen LogP contribution in [0.4, 0.5) is 0 Å². The first-order valence-electron chi connectivity index (χ1n) is 13.6. The van der Waals surface area contributed by atoms with Crippen LogP contribution in [0.3, 0.4) is 0 Å². The van der Waals surface area contributed by atoms with E-state index in [4.69, 9.17) is 21.6 Å². The fourth-order valence-electron chi connectivity index (χ4n) is 5.49. The van der Waals surface area contributed by atoms with Crippen molar-refractivity contribution in [1.82, 2.24) is 14.9 Å². The van der Waals surface area contributed by atoms with Gasteiger partial charge in [-0.25, -0.2) is 4.98 Å². The summed E-state index contributed by atoms with van der Waals surface area (Å²) in [5, 5.41) is 14.0. The Bertz CT molecular complexity index is 1700. The molecular formula is C32H32N6O2. The molecule has 1 aliphatic carbocycles. The third-order valence-corrected chi connectivity index (χ3v) is 7.59. The molecule has 1 aliphatic rings. The Hall–Kier alpha value is -4.69. The standard InChI is InChI=1S/C32H32N6O2/c33-23-11-13-24(14-12-23)36-32(39)29-18-21-10-15-28(30(34)35)37-31(21)38(29)19-22-17-26(40-25-7-2-1-3-8-25)16-20-6-4-5-9-27(20)22/h1-10,15-18,23-24H,11-14,19,33H2,(H3,34,35)(H,36,39).